The number of hydrazine groups is 1. The zero-order chi connectivity index (χ0) is 13.5. The second kappa shape index (κ2) is 6.45. The fourth-order valence-electron chi connectivity index (χ4n) is 1.28. The maximum atomic E-state index is 11.4. The van der Waals surface area contributed by atoms with Crippen LogP contribution in [0.2, 0.25) is 0 Å². The van der Waals surface area contributed by atoms with Gasteiger partial charge in [-0.2, -0.15) is 0 Å². The Morgan fingerprint density at radius 1 is 1.50 bits per heavy atom. The van der Waals surface area contributed by atoms with Crippen LogP contribution in [0.4, 0.5) is 0 Å². The van der Waals surface area contributed by atoms with E-state index >= 15 is 0 Å². The quantitative estimate of drug-likeness (QED) is 0.290. The number of oxime groups is 1. The maximum Gasteiger partial charge on any atom is 0.272 e. The highest BCUT2D eigenvalue weighted by Gasteiger charge is 2.09. The van der Waals surface area contributed by atoms with Gasteiger partial charge in [0.15, 0.2) is 12.4 Å². The van der Waals surface area contributed by atoms with Gasteiger partial charge >= 0.3 is 0 Å². The highest BCUT2D eigenvalue weighted by Crippen LogP contribution is 2.17. The number of nitrogens with zero attached hydrogens (tertiary/aromatic N) is 2. The SMILES string of the molecule is CN(C)NC(=O)COc1ccccc1/C(N)=N/O. The lowest BCUT2D eigenvalue weighted by Gasteiger charge is -2.13. The van der Waals surface area contributed by atoms with Gasteiger partial charge in [-0.3, -0.25) is 10.2 Å². The molecule has 98 valence electrons. The van der Waals surface area contributed by atoms with Gasteiger partial charge < -0.3 is 15.7 Å². The fourth-order valence-corrected chi connectivity index (χ4v) is 1.28. The van der Waals surface area contributed by atoms with Gasteiger partial charge in [-0.25, -0.2) is 5.01 Å². The molecule has 1 amide bonds. The number of ether oxygens (including phenoxy) is 1. The van der Waals surface area contributed by atoms with E-state index in [9.17, 15) is 4.79 Å². The monoisotopic (exact) mass is 252 g/mol. The molecule has 7 nitrogen and oxygen atoms in total. The topological polar surface area (TPSA) is 100 Å². The summed E-state index contributed by atoms with van der Waals surface area (Å²) in [6.07, 6.45) is 0. The zero-order valence-corrected chi connectivity index (χ0v) is 10.3. The van der Waals surface area contributed by atoms with Crippen LogP contribution in [0.3, 0.4) is 0 Å². The Bertz CT molecular complexity index is 446. The van der Waals surface area contributed by atoms with Crippen molar-refractivity contribution in [3.63, 3.8) is 0 Å². The van der Waals surface area contributed by atoms with Gasteiger partial charge in [-0.1, -0.05) is 17.3 Å². The summed E-state index contributed by atoms with van der Waals surface area (Å²) < 4.78 is 5.31. The van der Waals surface area contributed by atoms with Crippen molar-refractivity contribution in [3.8, 4) is 5.75 Å². The molecule has 0 spiro atoms. The van der Waals surface area contributed by atoms with Crippen LogP contribution in [0.5, 0.6) is 5.75 Å². The average Bonchev–Trinajstić information content (AvgIpc) is 2.35. The Hall–Kier alpha value is -2.28. The minimum absolute atomic E-state index is 0.0707. The van der Waals surface area contributed by atoms with Crippen LogP contribution < -0.4 is 15.9 Å². The molecule has 7 heteroatoms. The number of hydrogen-bond acceptors (Lipinski definition) is 5. The summed E-state index contributed by atoms with van der Waals surface area (Å²) in [5.74, 6) is 0.00892. The molecule has 0 saturated carbocycles. The second-order valence-electron chi connectivity index (χ2n) is 3.70. The van der Waals surface area contributed by atoms with Crippen LogP contribution in [0.15, 0.2) is 29.4 Å². The lowest BCUT2D eigenvalue weighted by molar-refractivity contribution is -0.126. The highest BCUT2D eigenvalue weighted by molar-refractivity contribution is 5.99. The Morgan fingerprint density at radius 3 is 2.78 bits per heavy atom. The summed E-state index contributed by atoms with van der Waals surface area (Å²) >= 11 is 0. The molecule has 0 fully saturated rings. The van der Waals surface area contributed by atoms with E-state index < -0.39 is 0 Å². The molecule has 1 rings (SSSR count). The summed E-state index contributed by atoms with van der Waals surface area (Å²) in [4.78, 5) is 11.4. The summed E-state index contributed by atoms with van der Waals surface area (Å²) in [6.45, 7) is -0.159. The highest BCUT2D eigenvalue weighted by atomic mass is 16.5. The van der Waals surface area contributed by atoms with Crippen molar-refractivity contribution in [2.45, 2.75) is 0 Å². The van der Waals surface area contributed by atoms with E-state index in [-0.39, 0.29) is 18.3 Å². The van der Waals surface area contributed by atoms with Crippen LogP contribution >= 0.6 is 0 Å². The van der Waals surface area contributed by atoms with Crippen molar-refractivity contribution in [1.82, 2.24) is 10.4 Å². The van der Waals surface area contributed by atoms with Crippen LogP contribution in [-0.2, 0) is 4.79 Å². The Labute approximate surface area is 105 Å². The summed E-state index contributed by atoms with van der Waals surface area (Å²) in [5, 5.41) is 13.0. The number of para-hydroxylation sites is 1. The molecular formula is C11H16N4O3. The summed E-state index contributed by atoms with van der Waals surface area (Å²) in [7, 11) is 3.39. The van der Waals surface area contributed by atoms with Crippen LogP contribution in [-0.4, -0.2) is 42.7 Å². The number of carbonyl (C=O) groups excluding carboxylic acids is 1. The number of nitrogens with one attached hydrogen (secondary N) is 1. The van der Waals surface area contributed by atoms with Crippen molar-refractivity contribution < 1.29 is 14.7 Å². The molecule has 0 radical (unpaired) electrons. The summed E-state index contributed by atoms with van der Waals surface area (Å²) in [5.41, 5.74) is 8.46. The number of amides is 1. The lowest BCUT2D eigenvalue weighted by Crippen LogP contribution is -2.39. The maximum absolute atomic E-state index is 11.4. The first kappa shape index (κ1) is 13.8. The molecule has 0 atom stereocenters. The normalized spacial score (nSPS) is 11.4. The first-order valence-electron chi connectivity index (χ1n) is 5.21. The van der Waals surface area contributed by atoms with Crippen molar-refractivity contribution in [1.29, 1.82) is 0 Å². The number of rotatable bonds is 5. The third kappa shape index (κ3) is 3.95. The van der Waals surface area contributed by atoms with E-state index in [4.69, 9.17) is 15.7 Å². The third-order valence-corrected chi connectivity index (χ3v) is 1.98. The Balaban J connectivity index is 2.70. The van der Waals surface area contributed by atoms with Gasteiger partial charge in [-0.05, 0) is 12.1 Å². The molecule has 0 bridgehead atoms. The molecule has 0 aliphatic heterocycles. The van der Waals surface area contributed by atoms with Crippen LogP contribution in [0, 0.1) is 0 Å². The average molecular weight is 252 g/mol. The Morgan fingerprint density at radius 2 is 2.17 bits per heavy atom. The van der Waals surface area contributed by atoms with Crippen molar-refractivity contribution in [2.24, 2.45) is 10.9 Å². The van der Waals surface area contributed by atoms with Crippen molar-refractivity contribution in [2.75, 3.05) is 20.7 Å². The van der Waals surface area contributed by atoms with Gasteiger partial charge in [0.25, 0.3) is 5.91 Å². The molecule has 18 heavy (non-hydrogen) atoms. The van der Waals surface area contributed by atoms with E-state index in [0.29, 0.717) is 11.3 Å². The van der Waals surface area contributed by atoms with Crippen molar-refractivity contribution in [3.05, 3.63) is 29.8 Å². The molecule has 1 aromatic carbocycles. The molecule has 0 aliphatic carbocycles. The fraction of sp³-hybridized carbons (Fsp3) is 0.273. The summed E-state index contributed by atoms with van der Waals surface area (Å²) in [6, 6.07) is 6.72. The molecule has 0 heterocycles. The molecule has 1 aromatic rings. The first-order valence-corrected chi connectivity index (χ1v) is 5.21. The lowest BCUT2D eigenvalue weighted by atomic mass is 10.2. The van der Waals surface area contributed by atoms with E-state index in [2.05, 4.69) is 10.6 Å². The van der Waals surface area contributed by atoms with Gasteiger partial charge in [0.05, 0.1) is 5.56 Å². The smallest absolute Gasteiger partial charge is 0.272 e. The second-order valence-corrected chi connectivity index (χ2v) is 3.70. The van der Waals surface area contributed by atoms with E-state index in [0.717, 1.165) is 0 Å². The number of benzene rings is 1. The first-order chi connectivity index (χ1) is 8.54. The molecule has 0 saturated heterocycles. The molecule has 0 unspecified atom stereocenters. The molecule has 0 aromatic heterocycles. The van der Waals surface area contributed by atoms with E-state index in [1.54, 1.807) is 38.4 Å². The van der Waals surface area contributed by atoms with Gasteiger partial charge in [0, 0.05) is 14.1 Å². The van der Waals surface area contributed by atoms with Gasteiger partial charge in [0.1, 0.15) is 5.75 Å². The molecule has 0 aliphatic rings. The van der Waals surface area contributed by atoms with Crippen LogP contribution in [0.25, 0.3) is 0 Å². The predicted molar refractivity (Wildman–Crippen MR) is 66.3 cm³/mol. The Kier molecular flexibility index (Phi) is 4.94. The minimum atomic E-state index is -0.297. The number of amidine groups is 1. The number of carbonyl (C=O) groups is 1. The zero-order valence-electron chi connectivity index (χ0n) is 10.3. The van der Waals surface area contributed by atoms with E-state index in [1.807, 2.05) is 0 Å². The standard InChI is InChI=1S/C11H16N4O3/c1-15(2)13-10(16)7-18-9-6-4-3-5-8(9)11(12)14-17/h3-6,17H,7H2,1-2H3,(H2,12,14)(H,13,16). The van der Waals surface area contributed by atoms with E-state index in [1.165, 1.54) is 5.01 Å². The number of hydrogen-bond donors (Lipinski definition) is 3. The van der Waals surface area contributed by atoms with Gasteiger partial charge in [-0.15, -0.1) is 0 Å². The van der Waals surface area contributed by atoms with Crippen molar-refractivity contribution >= 4 is 11.7 Å². The largest absolute Gasteiger partial charge is 0.483 e. The van der Waals surface area contributed by atoms with Gasteiger partial charge in [0.2, 0.25) is 0 Å². The third-order valence-electron chi connectivity index (χ3n) is 1.98. The molecule has 4 N–H and O–H groups in total. The minimum Gasteiger partial charge on any atom is -0.483 e. The number of nitrogens with two attached hydrogens (primary N) is 1. The van der Waals surface area contributed by atoms with Crippen LogP contribution in [0.1, 0.15) is 5.56 Å². The molecular weight excluding hydrogens is 236 g/mol. The predicted octanol–water partition coefficient (Wildman–Crippen LogP) is -0.247.